The van der Waals surface area contributed by atoms with Crippen LogP contribution in [0.25, 0.3) is 10.9 Å². The third-order valence-corrected chi connectivity index (χ3v) is 3.15. The maximum Gasteiger partial charge on any atom is 0.293 e. The quantitative estimate of drug-likeness (QED) is 0.616. The molecule has 19 heavy (non-hydrogen) atoms. The van der Waals surface area contributed by atoms with Crippen molar-refractivity contribution in [1.82, 2.24) is 4.98 Å². The molecular weight excluding hydrogens is 268 g/mol. The maximum absolute atomic E-state index is 11.1. The van der Waals surface area contributed by atoms with Crippen molar-refractivity contribution >= 4 is 33.1 Å². The average Bonchev–Trinajstić information content (AvgIpc) is 2.69. The van der Waals surface area contributed by atoms with Gasteiger partial charge in [-0.25, -0.2) is 8.42 Å². The molecule has 0 saturated heterocycles. The Balaban J connectivity index is 2.20. The molecule has 0 spiro atoms. The van der Waals surface area contributed by atoms with Crippen LogP contribution in [-0.2, 0) is 26.0 Å². The van der Waals surface area contributed by atoms with Gasteiger partial charge in [0.1, 0.15) is 0 Å². The van der Waals surface area contributed by atoms with Gasteiger partial charge in [-0.05, 0) is 23.6 Å². The first-order valence-electron chi connectivity index (χ1n) is 5.62. The second-order valence-corrected chi connectivity index (χ2v) is 5.94. The Bertz CT molecular complexity index is 691. The Hall–Kier alpha value is -2.02. The molecule has 0 saturated carbocycles. The van der Waals surface area contributed by atoms with E-state index in [0.717, 1.165) is 22.9 Å². The predicted molar refractivity (Wildman–Crippen MR) is 72.5 cm³/mol. The molecule has 0 aliphatic rings. The standard InChI is InChI=1S/C12H14N2O4S/c1-19(16,17)14-11-3-2-9-6-10(4-5-18-8-15)13-12(9)7-11/h2-3,6-8,13-14H,4-5H2,1H3. The molecule has 2 rings (SSSR count). The van der Waals surface area contributed by atoms with Gasteiger partial charge in [-0.2, -0.15) is 0 Å². The fraction of sp³-hybridized carbons (Fsp3) is 0.250. The molecule has 2 aromatic rings. The SMILES string of the molecule is CS(=O)(=O)Nc1ccc2cc(CCOC=O)[nH]c2c1. The molecular formula is C12H14N2O4S. The number of anilines is 1. The Morgan fingerprint density at radius 2 is 2.16 bits per heavy atom. The number of benzene rings is 1. The smallest absolute Gasteiger partial charge is 0.293 e. The summed E-state index contributed by atoms with van der Waals surface area (Å²) in [7, 11) is -3.28. The van der Waals surface area contributed by atoms with Crippen LogP contribution < -0.4 is 4.72 Å². The van der Waals surface area contributed by atoms with Gasteiger partial charge in [0.15, 0.2) is 0 Å². The molecule has 1 aromatic heterocycles. The van der Waals surface area contributed by atoms with E-state index in [2.05, 4.69) is 14.4 Å². The van der Waals surface area contributed by atoms with E-state index >= 15 is 0 Å². The summed E-state index contributed by atoms with van der Waals surface area (Å²) >= 11 is 0. The van der Waals surface area contributed by atoms with Crippen molar-refractivity contribution in [3.05, 3.63) is 30.0 Å². The largest absolute Gasteiger partial charge is 0.467 e. The van der Waals surface area contributed by atoms with Gasteiger partial charge in [-0.15, -0.1) is 0 Å². The third kappa shape index (κ3) is 3.72. The minimum Gasteiger partial charge on any atom is -0.467 e. The van der Waals surface area contributed by atoms with E-state index in [-0.39, 0.29) is 0 Å². The molecule has 2 N–H and O–H groups in total. The molecule has 0 fully saturated rings. The molecule has 0 amide bonds. The first kappa shape index (κ1) is 13.4. The van der Waals surface area contributed by atoms with Gasteiger partial charge in [0.2, 0.25) is 10.0 Å². The van der Waals surface area contributed by atoms with Crippen molar-refractivity contribution in [2.75, 3.05) is 17.6 Å². The summed E-state index contributed by atoms with van der Waals surface area (Å²) in [6.45, 7) is 0.724. The first-order chi connectivity index (χ1) is 8.98. The van der Waals surface area contributed by atoms with Gasteiger partial charge in [0.05, 0.1) is 18.6 Å². The van der Waals surface area contributed by atoms with Gasteiger partial charge in [0.25, 0.3) is 6.47 Å². The van der Waals surface area contributed by atoms with Gasteiger partial charge in [-0.1, -0.05) is 6.07 Å². The van der Waals surface area contributed by atoms with Crippen molar-refractivity contribution < 1.29 is 17.9 Å². The number of carbonyl (C=O) groups excluding carboxylic acids is 1. The molecule has 0 aliphatic carbocycles. The van der Waals surface area contributed by atoms with Crippen LogP contribution in [0.2, 0.25) is 0 Å². The number of ether oxygens (including phenoxy) is 1. The van der Waals surface area contributed by atoms with Crippen molar-refractivity contribution in [2.24, 2.45) is 0 Å². The van der Waals surface area contributed by atoms with Gasteiger partial charge in [0, 0.05) is 17.6 Å². The van der Waals surface area contributed by atoms with E-state index in [1.165, 1.54) is 0 Å². The van der Waals surface area contributed by atoms with Crippen LogP contribution in [0.5, 0.6) is 0 Å². The highest BCUT2D eigenvalue weighted by molar-refractivity contribution is 7.92. The highest BCUT2D eigenvalue weighted by atomic mass is 32.2. The minimum absolute atomic E-state index is 0.310. The summed E-state index contributed by atoms with van der Waals surface area (Å²) in [5.74, 6) is 0. The van der Waals surface area contributed by atoms with E-state index in [4.69, 9.17) is 0 Å². The zero-order valence-electron chi connectivity index (χ0n) is 10.3. The first-order valence-corrected chi connectivity index (χ1v) is 7.52. The number of nitrogens with one attached hydrogen (secondary N) is 2. The monoisotopic (exact) mass is 282 g/mol. The van der Waals surface area contributed by atoms with Crippen molar-refractivity contribution in [3.8, 4) is 0 Å². The van der Waals surface area contributed by atoms with Crippen molar-refractivity contribution in [3.63, 3.8) is 0 Å². The number of fused-ring (bicyclic) bond motifs is 1. The van der Waals surface area contributed by atoms with E-state index in [0.29, 0.717) is 25.2 Å². The fourth-order valence-corrected chi connectivity index (χ4v) is 2.37. The van der Waals surface area contributed by atoms with Crippen LogP contribution in [-0.4, -0.2) is 32.7 Å². The number of hydrogen-bond acceptors (Lipinski definition) is 4. The number of aromatic amines is 1. The molecule has 6 nitrogen and oxygen atoms in total. The fourth-order valence-electron chi connectivity index (χ4n) is 1.82. The van der Waals surface area contributed by atoms with Crippen LogP contribution in [0.1, 0.15) is 5.69 Å². The molecule has 0 bridgehead atoms. The molecule has 1 heterocycles. The lowest BCUT2D eigenvalue weighted by molar-refractivity contribution is -0.128. The zero-order chi connectivity index (χ0) is 13.9. The molecule has 0 radical (unpaired) electrons. The van der Waals surface area contributed by atoms with E-state index in [1.807, 2.05) is 12.1 Å². The number of sulfonamides is 1. The zero-order valence-corrected chi connectivity index (χ0v) is 11.2. The maximum atomic E-state index is 11.1. The van der Waals surface area contributed by atoms with Gasteiger partial charge < -0.3 is 9.72 Å². The lowest BCUT2D eigenvalue weighted by atomic mass is 10.2. The Morgan fingerprint density at radius 3 is 2.84 bits per heavy atom. The van der Waals surface area contributed by atoms with Crippen LogP contribution in [0.3, 0.4) is 0 Å². The van der Waals surface area contributed by atoms with E-state index in [1.54, 1.807) is 12.1 Å². The highest BCUT2D eigenvalue weighted by Crippen LogP contribution is 2.20. The molecule has 0 atom stereocenters. The summed E-state index contributed by atoms with van der Waals surface area (Å²) in [5, 5.41) is 0.972. The van der Waals surface area contributed by atoms with Crippen molar-refractivity contribution in [1.29, 1.82) is 0 Å². The summed E-state index contributed by atoms with van der Waals surface area (Å²) in [4.78, 5) is 13.2. The number of carbonyl (C=O) groups is 1. The molecule has 1 aromatic carbocycles. The van der Waals surface area contributed by atoms with Crippen LogP contribution in [0, 0.1) is 0 Å². The molecule has 7 heteroatoms. The topological polar surface area (TPSA) is 88.3 Å². The molecule has 102 valence electrons. The second-order valence-electron chi connectivity index (χ2n) is 4.19. The summed E-state index contributed by atoms with van der Waals surface area (Å²) in [6.07, 6.45) is 1.69. The third-order valence-electron chi connectivity index (χ3n) is 2.54. The van der Waals surface area contributed by atoms with Crippen LogP contribution in [0.4, 0.5) is 5.69 Å². The van der Waals surface area contributed by atoms with E-state index in [9.17, 15) is 13.2 Å². The Kier molecular flexibility index (Phi) is 3.75. The van der Waals surface area contributed by atoms with Crippen molar-refractivity contribution in [2.45, 2.75) is 6.42 Å². The summed E-state index contributed by atoms with van der Waals surface area (Å²) in [5.41, 5.74) is 2.26. The van der Waals surface area contributed by atoms with Gasteiger partial charge in [-0.3, -0.25) is 9.52 Å². The Labute approximate surface area is 110 Å². The number of H-pyrrole nitrogens is 1. The minimum atomic E-state index is -3.28. The lowest BCUT2D eigenvalue weighted by Crippen LogP contribution is -2.09. The second kappa shape index (κ2) is 5.31. The number of aromatic nitrogens is 1. The predicted octanol–water partition coefficient (Wildman–Crippen LogP) is 1.25. The summed E-state index contributed by atoms with van der Waals surface area (Å²) in [6, 6.07) is 7.18. The molecule has 0 unspecified atom stereocenters. The summed E-state index contributed by atoms with van der Waals surface area (Å²) < 4.78 is 29.3. The molecule has 0 aliphatic heterocycles. The number of rotatable bonds is 6. The van der Waals surface area contributed by atoms with Gasteiger partial charge >= 0.3 is 0 Å². The van der Waals surface area contributed by atoms with Crippen LogP contribution >= 0.6 is 0 Å². The lowest BCUT2D eigenvalue weighted by Gasteiger charge is -2.02. The number of hydrogen-bond donors (Lipinski definition) is 2. The Morgan fingerprint density at radius 1 is 1.37 bits per heavy atom. The van der Waals surface area contributed by atoms with Crippen LogP contribution in [0.15, 0.2) is 24.3 Å². The highest BCUT2D eigenvalue weighted by Gasteiger charge is 2.05. The van der Waals surface area contributed by atoms with E-state index < -0.39 is 10.0 Å². The normalized spacial score (nSPS) is 11.4. The average molecular weight is 282 g/mol.